The summed E-state index contributed by atoms with van der Waals surface area (Å²) in [5, 5.41) is 9.63. The molecule has 0 bridgehead atoms. The van der Waals surface area contributed by atoms with Crippen LogP contribution in [0.25, 0.3) is 6.08 Å². The number of hydrogen-bond acceptors (Lipinski definition) is 4. The number of hydrogen-bond donors (Lipinski definition) is 2. The molecule has 1 aromatic carbocycles. The van der Waals surface area contributed by atoms with Gasteiger partial charge in [-0.25, -0.2) is 5.10 Å². The summed E-state index contributed by atoms with van der Waals surface area (Å²) in [4.78, 5) is 18.4. The molecule has 1 aliphatic heterocycles. The predicted molar refractivity (Wildman–Crippen MR) is 94.3 cm³/mol. The van der Waals surface area contributed by atoms with Crippen LogP contribution in [0.2, 0.25) is 0 Å². The van der Waals surface area contributed by atoms with E-state index in [1.165, 1.54) is 12.5 Å². The highest BCUT2D eigenvalue weighted by Gasteiger charge is 2.15. The monoisotopic (exact) mass is 375 g/mol. The van der Waals surface area contributed by atoms with Crippen LogP contribution in [0, 0.1) is 0 Å². The van der Waals surface area contributed by atoms with Crippen LogP contribution in [-0.4, -0.2) is 34.2 Å². The van der Waals surface area contributed by atoms with Crippen LogP contribution in [0.5, 0.6) is 0 Å². The Hall–Kier alpha value is -2.15. The number of halogens is 1. The van der Waals surface area contributed by atoms with E-state index in [0.29, 0.717) is 11.9 Å². The summed E-state index contributed by atoms with van der Waals surface area (Å²) in [6.07, 6.45) is 6.80. The summed E-state index contributed by atoms with van der Waals surface area (Å²) in [5.41, 5.74) is 0.939. The molecular formula is C16H18BrN5O. The Morgan fingerprint density at radius 3 is 2.83 bits per heavy atom. The van der Waals surface area contributed by atoms with Crippen LogP contribution in [0.15, 0.2) is 34.8 Å². The van der Waals surface area contributed by atoms with Crippen molar-refractivity contribution in [1.82, 2.24) is 15.2 Å². The van der Waals surface area contributed by atoms with Crippen molar-refractivity contribution in [2.45, 2.75) is 19.3 Å². The molecule has 3 rings (SSSR count). The van der Waals surface area contributed by atoms with Crippen LogP contribution in [0.1, 0.15) is 24.8 Å². The molecule has 0 unspecified atom stereocenters. The molecule has 2 N–H and O–H groups in total. The standard InChI is InChI=1S/C16H18BrN5O/c17-13-7-3-2-6-12(13)8-9-14(23)18-15-19-16(21-20-15)22-10-4-1-5-11-22/h2-3,6-9H,1,4-5,10-11H2,(H2,18,19,20,21,23)/b9-8+. The van der Waals surface area contributed by atoms with E-state index in [1.807, 2.05) is 24.3 Å². The summed E-state index contributed by atoms with van der Waals surface area (Å²) in [5.74, 6) is 0.768. The second-order valence-electron chi connectivity index (χ2n) is 5.38. The van der Waals surface area contributed by atoms with Gasteiger partial charge in [0.05, 0.1) is 0 Å². The maximum atomic E-state index is 12.0. The number of piperidine rings is 1. The topological polar surface area (TPSA) is 73.9 Å². The SMILES string of the molecule is O=C(/C=C/c1ccccc1Br)Nc1nc(N2CCCCC2)n[nH]1. The number of rotatable bonds is 4. The normalized spacial score (nSPS) is 15.1. The third-order valence-corrected chi connectivity index (χ3v) is 4.40. The van der Waals surface area contributed by atoms with Gasteiger partial charge in [-0.2, -0.15) is 4.98 Å². The maximum Gasteiger partial charge on any atom is 0.250 e. The minimum atomic E-state index is -0.248. The second-order valence-corrected chi connectivity index (χ2v) is 6.23. The number of aromatic nitrogens is 3. The molecule has 0 spiro atoms. The van der Waals surface area contributed by atoms with Crippen molar-refractivity contribution < 1.29 is 4.79 Å². The summed E-state index contributed by atoms with van der Waals surface area (Å²) in [7, 11) is 0. The third kappa shape index (κ3) is 4.19. The van der Waals surface area contributed by atoms with Crippen molar-refractivity contribution in [3.63, 3.8) is 0 Å². The molecule has 0 radical (unpaired) electrons. The zero-order valence-electron chi connectivity index (χ0n) is 12.6. The fourth-order valence-electron chi connectivity index (χ4n) is 2.48. The van der Waals surface area contributed by atoms with E-state index in [0.717, 1.165) is 36.0 Å². The Bertz CT molecular complexity index is 706. The molecule has 23 heavy (non-hydrogen) atoms. The first-order valence-corrected chi connectivity index (χ1v) is 8.42. The maximum absolute atomic E-state index is 12.0. The summed E-state index contributed by atoms with van der Waals surface area (Å²) in [6.45, 7) is 1.93. The highest BCUT2D eigenvalue weighted by atomic mass is 79.9. The first-order valence-electron chi connectivity index (χ1n) is 7.63. The Kier molecular flexibility index (Phi) is 5.07. The Morgan fingerprint density at radius 1 is 1.26 bits per heavy atom. The average molecular weight is 376 g/mol. The number of amides is 1. The van der Waals surface area contributed by atoms with Crippen LogP contribution >= 0.6 is 15.9 Å². The van der Waals surface area contributed by atoms with Crippen molar-refractivity contribution >= 4 is 39.8 Å². The lowest BCUT2D eigenvalue weighted by Gasteiger charge is -2.24. The molecule has 7 heteroatoms. The third-order valence-electron chi connectivity index (χ3n) is 3.67. The van der Waals surface area contributed by atoms with E-state index in [4.69, 9.17) is 0 Å². The van der Waals surface area contributed by atoms with Gasteiger partial charge < -0.3 is 4.90 Å². The molecule has 120 valence electrons. The van der Waals surface area contributed by atoms with Crippen LogP contribution in [0.3, 0.4) is 0 Å². The summed E-state index contributed by atoms with van der Waals surface area (Å²) >= 11 is 3.44. The zero-order valence-corrected chi connectivity index (χ0v) is 14.2. The predicted octanol–water partition coefficient (Wildman–Crippen LogP) is 3.21. The molecule has 2 heterocycles. The van der Waals surface area contributed by atoms with Gasteiger partial charge in [0, 0.05) is 23.6 Å². The summed E-state index contributed by atoms with van der Waals surface area (Å²) in [6, 6.07) is 7.71. The number of carbonyl (C=O) groups excluding carboxylic acids is 1. The number of carbonyl (C=O) groups is 1. The molecule has 2 aromatic rings. The summed E-state index contributed by atoms with van der Waals surface area (Å²) < 4.78 is 0.941. The van der Waals surface area contributed by atoms with Gasteiger partial charge in [0.1, 0.15) is 0 Å². The molecule has 6 nitrogen and oxygen atoms in total. The van der Waals surface area contributed by atoms with Gasteiger partial charge in [0.2, 0.25) is 11.9 Å². The minimum absolute atomic E-state index is 0.248. The lowest BCUT2D eigenvalue weighted by Crippen LogP contribution is -2.30. The first-order chi connectivity index (χ1) is 11.2. The lowest BCUT2D eigenvalue weighted by atomic mass is 10.1. The van der Waals surface area contributed by atoms with Gasteiger partial charge in [-0.3, -0.25) is 10.1 Å². The Balaban J connectivity index is 1.60. The van der Waals surface area contributed by atoms with Crippen molar-refractivity contribution in [3.05, 3.63) is 40.4 Å². The first kappa shape index (κ1) is 15.7. The van der Waals surface area contributed by atoms with Crippen LogP contribution in [-0.2, 0) is 4.79 Å². The molecule has 0 atom stereocenters. The fourth-order valence-corrected chi connectivity index (χ4v) is 2.90. The van der Waals surface area contributed by atoms with Gasteiger partial charge in [-0.15, -0.1) is 5.10 Å². The number of anilines is 2. The number of nitrogens with one attached hydrogen (secondary N) is 2. The number of H-pyrrole nitrogens is 1. The zero-order chi connectivity index (χ0) is 16.1. The lowest BCUT2D eigenvalue weighted by molar-refractivity contribution is -0.111. The molecule has 1 fully saturated rings. The van der Waals surface area contributed by atoms with Crippen molar-refractivity contribution in [2.24, 2.45) is 0 Å². The highest BCUT2D eigenvalue weighted by molar-refractivity contribution is 9.10. The van der Waals surface area contributed by atoms with Gasteiger partial charge >= 0.3 is 0 Å². The van der Waals surface area contributed by atoms with Gasteiger partial charge in [-0.1, -0.05) is 34.1 Å². The fraction of sp³-hybridized carbons (Fsp3) is 0.312. The molecule has 1 amide bonds. The van der Waals surface area contributed by atoms with E-state index < -0.39 is 0 Å². The van der Waals surface area contributed by atoms with E-state index in [9.17, 15) is 4.79 Å². The molecule has 1 aliphatic rings. The number of aromatic amines is 1. The van der Waals surface area contributed by atoms with E-state index in [2.05, 4.69) is 41.3 Å². The smallest absolute Gasteiger partial charge is 0.250 e. The van der Waals surface area contributed by atoms with Crippen molar-refractivity contribution in [2.75, 3.05) is 23.3 Å². The minimum Gasteiger partial charge on any atom is -0.340 e. The molecule has 1 saturated heterocycles. The van der Waals surface area contributed by atoms with E-state index >= 15 is 0 Å². The van der Waals surface area contributed by atoms with Gasteiger partial charge in [-0.05, 0) is 37.0 Å². The Morgan fingerprint density at radius 2 is 2.04 bits per heavy atom. The Labute approximate surface area is 143 Å². The van der Waals surface area contributed by atoms with Crippen molar-refractivity contribution in [3.8, 4) is 0 Å². The molecule has 0 aliphatic carbocycles. The molecule has 0 saturated carbocycles. The van der Waals surface area contributed by atoms with Gasteiger partial charge in [0.15, 0.2) is 0 Å². The largest absolute Gasteiger partial charge is 0.340 e. The quantitative estimate of drug-likeness (QED) is 0.804. The van der Waals surface area contributed by atoms with Crippen LogP contribution < -0.4 is 10.2 Å². The van der Waals surface area contributed by atoms with Crippen molar-refractivity contribution in [1.29, 1.82) is 0 Å². The number of benzene rings is 1. The highest BCUT2D eigenvalue weighted by Crippen LogP contribution is 2.18. The van der Waals surface area contributed by atoms with E-state index in [1.54, 1.807) is 6.08 Å². The molecular weight excluding hydrogens is 358 g/mol. The van der Waals surface area contributed by atoms with E-state index in [-0.39, 0.29) is 5.91 Å². The average Bonchev–Trinajstić information content (AvgIpc) is 3.03. The number of nitrogens with zero attached hydrogens (tertiary/aromatic N) is 3. The second kappa shape index (κ2) is 7.41. The van der Waals surface area contributed by atoms with Crippen LogP contribution in [0.4, 0.5) is 11.9 Å². The molecule has 1 aromatic heterocycles. The van der Waals surface area contributed by atoms with Gasteiger partial charge in [0.25, 0.3) is 5.91 Å².